The van der Waals surface area contributed by atoms with Crippen molar-refractivity contribution in [1.82, 2.24) is 15.1 Å². The zero-order chi connectivity index (χ0) is 21.6. The highest BCUT2D eigenvalue weighted by Crippen LogP contribution is 2.30. The number of benzene rings is 1. The second-order valence-electron chi connectivity index (χ2n) is 8.67. The van der Waals surface area contributed by atoms with Crippen molar-refractivity contribution in [2.75, 3.05) is 19.8 Å². The zero-order valence-electron chi connectivity index (χ0n) is 17.1. The van der Waals surface area contributed by atoms with Crippen LogP contribution >= 0.6 is 0 Å². The molecule has 1 aromatic carbocycles. The minimum atomic E-state index is -0.960. The number of ether oxygens (including phenoxy) is 1. The van der Waals surface area contributed by atoms with E-state index < -0.39 is 29.7 Å². The predicted octanol–water partition coefficient (Wildman–Crippen LogP) is 0.0259. The molecule has 2 fully saturated rings. The fourth-order valence-electron chi connectivity index (χ4n) is 4.46. The third kappa shape index (κ3) is 3.42. The summed E-state index contributed by atoms with van der Waals surface area (Å²) < 4.78 is 5.67. The van der Waals surface area contributed by atoms with E-state index in [2.05, 4.69) is 24.1 Å². The van der Waals surface area contributed by atoms with Gasteiger partial charge in [-0.05, 0) is 38.0 Å². The van der Waals surface area contributed by atoms with Crippen LogP contribution in [0.2, 0.25) is 0 Å². The Labute approximate surface area is 174 Å². The van der Waals surface area contributed by atoms with Crippen LogP contribution in [0.5, 0.6) is 0 Å². The Hall–Kier alpha value is -2.62. The van der Waals surface area contributed by atoms with E-state index in [0.29, 0.717) is 26.3 Å². The molecule has 2 atom stereocenters. The van der Waals surface area contributed by atoms with Crippen LogP contribution in [0, 0.1) is 0 Å². The van der Waals surface area contributed by atoms with E-state index in [-0.39, 0.29) is 35.5 Å². The minimum Gasteiger partial charge on any atom is -0.378 e. The Kier molecular flexibility index (Phi) is 5.21. The molecular formula is C21H26N4O5. The van der Waals surface area contributed by atoms with Gasteiger partial charge in [0.15, 0.2) is 0 Å². The molecule has 30 heavy (non-hydrogen) atoms. The summed E-state index contributed by atoms with van der Waals surface area (Å²) in [6, 6.07) is 4.29. The van der Waals surface area contributed by atoms with Crippen LogP contribution in [0.15, 0.2) is 18.2 Å². The van der Waals surface area contributed by atoms with Crippen LogP contribution in [-0.4, -0.2) is 70.8 Å². The molecule has 3 aliphatic heterocycles. The first-order valence-electron chi connectivity index (χ1n) is 10.1. The fourth-order valence-corrected chi connectivity index (χ4v) is 4.46. The van der Waals surface area contributed by atoms with Crippen molar-refractivity contribution in [3.8, 4) is 0 Å². The fraction of sp³-hybridized carbons (Fsp3) is 0.524. The summed E-state index contributed by atoms with van der Waals surface area (Å²) in [5.74, 6) is -2.00. The van der Waals surface area contributed by atoms with Gasteiger partial charge in [0.1, 0.15) is 6.04 Å². The van der Waals surface area contributed by atoms with Crippen LogP contribution in [-0.2, 0) is 20.9 Å². The Morgan fingerprint density at radius 3 is 2.60 bits per heavy atom. The molecule has 9 heteroatoms. The SMILES string of the molecule is CC1(C)COCC(CN)N1Cc1ccc2c(c1)C(=O)N(C1CCC(=O)NC1=O)C2=O. The van der Waals surface area contributed by atoms with Gasteiger partial charge < -0.3 is 10.5 Å². The van der Waals surface area contributed by atoms with Gasteiger partial charge in [0.2, 0.25) is 11.8 Å². The van der Waals surface area contributed by atoms with Crippen molar-refractivity contribution in [1.29, 1.82) is 0 Å². The molecular weight excluding hydrogens is 388 g/mol. The van der Waals surface area contributed by atoms with Crippen molar-refractivity contribution in [3.63, 3.8) is 0 Å². The highest BCUT2D eigenvalue weighted by Gasteiger charge is 2.45. The second-order valence-corrected chi connectivity index (χ2v) is 8.67. The summed E-state index contributed by atoms with van der Waals surface area (Å²) in [4.78, 5) is 52.7. The van der Waals surface area contributed by atoms with E-state index in [0.717, 1.165) is 10.5 Å². The molecule has 3 N–H and O–H groups in total. The molecule has 4 rings (SSSR count). The van der Waals surface area contributed by atoms with Gasteiger partial charge >= 0.3 is 0 Å². The van der Waals surface area contributed by atoms with Crippen molar-refractivity contribution in [2.24, 2.45) is 5.73 Å². The number of morpholine rings is 1. The molecule has 9 nitrogen and oxygen atoms in total. The molecule has 1 aromatic rings. The number of amides is 4. The van der Waals surface area contributed by atoms with Gasteiger partial charge in [-0.1, -0.05) is 6.07 Å². The first-order chi connectivity index (χ1) is 14.2. The molecule has 0 saturated carbocycles. The number of imide groups is 2. The predicted molar refractivity (Wildman–Crippen MR) is 106 cm³/mol. The number of hydrogen-bond donors (Lipinski definition) is 2. The van der Waals surface area contributed by atoms with Gasteiger partial charge in [0.25, 0.3) is 11.8 Å². The highest BCUT2D eigenvalue weighted by molar-refractivity contribution is 6.23. The van der Waals surface area contributed by atoms with Crippen molar-refractivity contribution in [3.05, 3.63) is 34.9 Å². The normalized spacial score (nSPS) is 26.7. The van der Waals surface area contributed by atoms with Crippen molar-refractivity contribution in [2.45, 2.75) is 50.9 Å². The number of fused-ring (bicyclic) bond motifs is 1. The van der Waals surface area contributed by atoms with Crippen LogP contribution < -0.4 is 11.1 Å². The molecule has 4 amide bonds. The number of nitrogens with one attached hydrogen (secondary N) is 1. The van der Waals surface area contributed by atoms with Crippen molar-refractivity contribution >= 4 is 23.6 Å². The van der Waals surface area contributed by atoms with E-state index >= 15 is 0 Å². The number of nitrogens with two attached hydrogens (primary N) is 1. The molecule has 0 aliphatic carbocycles. The van der Waals surface area contributed by atoms with Gasteiger partial charge in [0, 0.05) is 31.1 Å². The first kappa shape index (κ1) is 20.6. The third-order valence-corrected chi connectivity index (χ3v) is 6.11. The largest absolute Gasteiger partial charge is 0.378 e. The topological polar surface area (TPSA) is 122 Å². The number of carbonyl (C=O) groups is 4. The quantitative estimate of drug-likeness (QED) is 0.667. The van der Waals surface area contributed by atoms with Gasteiger partial charge in [-0.3, -0.25) is 34.3 Å². The summed E-state index contributed by atoms with van der Waals surface area (Å²) in [7, 11) is 0. The van der Waals surface area contributed by atoms with Gasteiger partial charge in [-0.25, -0.2) is 0 Å². The van der Waals surface area contributed by atoms with Crippen LogP contribution in [0.3, 0.4) is 0 Å². The zero-order valence-corrected chi connectivity index (χ0v) is 17.1. The number of nitrogens with zero attached hydrogens (tertiary/aromatic N) is 2. The summed E-state index contributed by atoms with van der Waals surface area (Å²) >= 11 is 0. The Morgan fingerprint density at radius 2 is 1.90 bits per heavy atom. The van der Waals surface area contributed by atoms with Crippen LogP contribution in [0.4, 0.5) is 0 Å². The maximum Gasteiger partial charge on any atom is 0.262 e. The summed E-state index contributed by atoms with van der Waals surface area (Å²) in [5, 5.41) is 2.21. The second kappa shape index (κ2) is 7.57. The molecule has 3 aliphatic rings. The average Bonchev–Trinajstić information content (AvgIpc) is 2.94. The molecule has 160 valence electrons. The first-order valence-corrected chi connectivity index (χ1v) is 10.1. The van der Waals surface area contributed by atoms with Crippen LogP contribution in [0.1, 0.15) is 53.0 Å². The molecule has 2 unspecified atom stereocenters. The molecule has 0 spiro atoms. The van der Waals surface area contributed by atoms with Gasteiger partial charge in [0.05, 0.1) is 24.3 Å². The number of piperidine rings is 1. The number of carbonyl (C=O) groups excluding carboxylic acids is 4. The third-order valence-electron chi connectivity index (χ3n) is 6.11. The van der Waals surface area contributed by atoms with E-state index in [1.807, 2.05) is 6.07 Å². The summed E-state index contributed by atoms with van der Waals surface area (Å²) in [6.45, 7) is 6.31. The minimum absolute atomic E-state index is 0.0549. The molecule has 0 bridgehead atoms. The van der Waals surface area contributed by atoms with Gasteiger partial charge in [-0.2, -0.15) is 0 Å². The Morgan fingerprint density at radius 1 is 1.17 bits per heavy atom. The molecule has 0 aromatic heterocycles. The molecule has 3 heterocycles. The lowest BCUT2D eigenvalue weighted by molar-refractivity contribution is -0.136. The number of rotatable bonds is 4. The Balaban J connectivity index is 1.59. The van der Waals surface area contributed by atoms with E-state index in [9.17, 15) is 19.2 Å². The van der Waals surface area contributed by atoms with E-state index in [1.165, 1.54) is 0 Å². The maximum absolute atomic E-state index is 13.0. The lowest BCUT2D eigenvalue weighted by atomic mass is 9.96. The van der Waals surface area contributed by atoms with E-state index in [4.69, 9.17) is 10.5 Å². The Bertz CT molecular complexity index is 928. The number of hydrogen-bond acceptors (Lipinski definition) is 7. The standard InChI is InChI=1S/C21H26N4O5/c1-21(2)11-30-10-13(8-22)24(21)9-12-3-4-14-15(7-12)20(29)25(19(14)28)16-5-6-17(26)23-18(16)27/h3-4,7,13,16H,5-6,8-11,22H2,1-2H3,(H,23,26,27). The van der Waals surface area contributed by atoms with Crippen LogP contribution in [0.25, 0.3) is 0 Å². The molecule has 2 saturated heterocycles. The van der Waals surface area contributed by atoms with E-state index in [1.54, 1.807) is 12.1 Å². The summed E-state index contributed by atoms with van der Waals surface area (Å²) in [5.41, 5.74) is 7.17. The lowest BCUT2D eigenvalue weighted by Gasteiger charge is -2.47. The average molecular weight is 414 g/mol. The smallest absolute Gasteiger partial charge is 0.262 e. The monoisotopic (exact) mass is 414 g/mol. The van der Waals surface area contributed by atoms with Gasteiger partial charge in [-0.15, -0.1) is 0 Å². The lowest BCUT2D eigenvalue weighted by Crippen LogP contribution is -2.59. The molecule has 0 radical (unpaired) electrons. The highest BCUT2D eigenvalue weighted by atomic mass is 16.5. The summed E-state index contributed by atoms with van der Waals surface area (Å²) in [6.07, 6.45) is 0.241. The maximum atomic E-state index is 13.0. The van der Waals surface area contributed by atoms with Crippen molar-refractivity contribution < 1.29 is 23.9 Å².